The molecular weight excluding hydrogens is 330 g/mol. The van der Waals surface area contributed by atoms with Crippen LogP contribution in [0.3, 0.4) is 0 Å². The zero-order valence-corrected chi connectivity index (χ0v) is 15.3. The van der Waals surface area contributed by atoms with Crippen LogP contribution in [0.5, 0.6) is 11.5 Å². The number of hydrogen-bond acceptors (Lipinski definition) is 4. The van der Waals surface area contributed by atoms with Crippen LogP contribution in [0.2, 0.25) is 0 Å². The zero-order valence-electron chi connectivity index (χ0n) is 15.3. The highest BCUT2D eigenvalue weighted by Gasteiger charge is 2.41. The van der Waals surface area contributed by atoms with Gasteiger partial charge in [0.25, 0.3) is 0 Å². The Morgan fingerprint density at radius 1 is 0.962 bits per heavy atom. The molecule has 1 N–H and O–H groups in total. The number of amides is 1. The summed E-state index contributed by atoms with van der Waals surface area (Å²) in [5, 5.41) is 3.11. The molecule has 0 bridgehead atoms. The Morgan fingerprint density at radius 3 is 2.04 bits per heavy atom. The molecule has 0 spiro atoms. The maximum atomic E-state index is 13.1. The van der Waals surface area contributed by atoms with Crippen LogP contribution in [-0.2, 0) is 21.5 Å². The molecule has 2 aromatic rings. The van der Waals surface area contributed by atoms with Crippen LogP contribution in [0.1, 0.15) is 24.0 Å². The fourth-order valence-electron chi connectivity index (χ4n) is 3.37. The number of benzene rings is 2. The summed E-state index contributed by atoms with van der Waals surface area (Å²) in [6.07, 6.45) is 1.35. The molecule has 0 radical (unpaired) electrons. The highest BCUT2D eigenvalue weighted by molar-refractivity contribution is 5.88. The van der Waals surface area contributed by atoms with Crippen molar-refractivity contribution < 1.29 is 19.0 Å². The molecule has 0 unspecified atom stereocenters. The fraction of sp³-hybridized carbons (Fsp3) is 0.381. The summed E-state index contributed by atoms with van der Waals surface area (Å²) in [5.74, 6) is 1.63. The van der Waals surface area contributed by atoms with Crippen molar-refractivity contribution >= 4 is 5.91 Å². The smallest absolute Gasteiger partial charge is 0.231 e. The molecule has 1 aliphatic rings. The Labute approximate surface area is 154 Å². The van der Waals surface area contributed by atoms with Crippen molar-refractivity contribution in [2.24, 2.45) is 0 Å². The van der Waals surface area contributed by atoms with Crippen molar-refractivity contribution in [3.05, 3.63) is 59.7 Å². The Morgan fingerprint density at radius 2 is 1.50 bits per heavy atom. The standard InChI is InChI=1S/C21H25NO4/c1-24-18-7-3-16(4-8-18)15-22-20(23)21(11-13-26-14-12-21)17-5-9-19(25-2)10-6-17/h3-10H,11-15H2,1-2H3,(H,22,23). The second-order valence-corrected chi connectivity index (χ2v) is 6.45. The Kier molecular flexibility index (Phi) is 5.78. The molecule has 5 heteroatoms. The SMILES string of the molecule is COc1ccc(CNC(=O)C2(c3ccc(OC)cc3)CCOCC2)cc1. The van der Waals surface area contributed by atoms with Gasteiger partial charge in [-0.3, -0.25) is 4.79 Å². The first kappa shape index (κ1) is 18.3. The first-order chi connectivity index (χ1) is 12.7. The summed E-state index contributed by atoms with van der Waals surface area (Å²) >= 11 is 0. The van der Waals surface area contributed by atoms with E-state index in [9.17, 15) is 4.79 Å². The van der Waals surface area contributed by atoms with Crippen molar-refractivity contribution in [1.82, 2.24) is 5.32 Å². The number of carbonyl (C=O) groups excluding carboxylic acids is 1. The van der Waals surface area contributed by atoms with Gasteiger partial charge in [-0.15, -0.1) is 0 Å². The van der Waals surface area contributed by atoms with Gasteiger partial charge in [0.15, 0.2) is 0 Å². The largest absolute Gasteiger partial charge is 0.497 e. The average Bonchev–Trinajstić information content (AvgIpc) is 2.73. The number of nitrogens with one attached hydrogen (secondary N) is 1. The molecule has 1 saturated heterocycles. The summed E-state index contributed by atoms with van der Waals surface area (Å²) in [7, 11) is 3.28. The van der Waals surface area contributed by atoms with Crippen LogP contribution in [0.25, 0.3) is 0 Å². The zero-order chi connectivity index (χ0) is 18.4. The predicted octanol–water partition coefficient (Wildman–Crippen LogP) is 3.07. The van der Waals surface area contributed by atoms with Crippen LogP contribution in [0, 0.1) is 0 Å². The molecule has 0 aromatic heterocycles. The van der Waals surface area contributed by atoms with Crippen LogP contribution in [-0.4, -0.2) is 33.3 Å². The molecule has 1 fully saturated rings. The molecule has 1 amide bonds. The monoisotopic (exact) mass is 355 g/mol. The number of rotatable bonds is 6. The minimum Gasteiger partial charge on any atom is -0.497 e. The number of ether oxygens (including phenoxy) is 3. The van der Waals surface area contributed by atoms with Crippen molar-refractivity contribution in [3.63, 3.8) is 0 Å². The van der Waals surface area contributed by atoms with E-state index in [2.05, 4.69) is 5.32 Å². The first-order valence-electron chi connectivity index (χ1n) is 8.81. The van der Waals surface area contributed by atoms with E-state index < -0.39 is 5.41 Å². The first-order valence-corrected chi connectivity index (χ1v) is 8.81. The lowest BCUT2D eigenvalue weighted by atomic mass is 9.73. The molecule has 3 rings (SSSR count). The predicted molar refractivity (Wildman–Crippen MR) is 99.6 cm³/mol. The number of methoxy groups -OCH3 is 2. The van der Waals surface area contributed by atoms with E-state index in [4.69, 9.17) is 14.2 Å². The van der Waals surface area contributed by atoms with Gasteiger partial charge in [0.1, 0.15) is 11.5 Å². The van der Waals surface area contributed by atoms with Gasteiger partial charge in [-0.2, -0.15) is 0 Å². The van der Waals surface area contributed by atoms with Gasteiger partial charge in [0.05, 0.1) is 19.6 Å². The third-order valence-electron chi connectivity index (χ3n) is 5.04. The summed E-state index contributed by atoms with van der Waals surface area (Å²) in [6.45, 7) is 1.66. The van der Waals surface area contributed by atoms with E-state index in [0.29, 0.717) is 32.6 Å². The van der Waals surface area contributed by atoms with Gasteiger partial charge in [-0.25, -0.2) is 0 Å². The third-order valence-corrected chi connectivity index (χ3v) is 5.04. The Hall–Kier alpha value is -2.53. The lowest BCUT2D eigenvalue weighted by Gasteiger charge is -2.36. The second kappa shape index (κ2) is 8.23. The van der Waals surface area contributed by atoms with E-state index in [-0.39, 0.29) is 5.91 Å². The van der Waals surface area contributed by atoms with Gasteiger partial charge >= 0.3 is 0 Å². The van der Waals surface area contributed by atoms with Crippen LogP contribution in [0.15, 0.2) is 48.5 Å². The Bertz CT molecular complexity index is 719. The molecule has 0 saturated carbocycles. The molecule has 5 nitrogen and oxygen atoms in total. The maximum absolute atomic E-state index is 13.1. The van der Waals surface area contributed by atoms with E-state index in [1.165, 1.54) is 0 Å². The van der Waals surface area contributed by atoms with E-state index >= 15 is 0 Å². The van der Waals surface area contributed by atoms with Crippen molar-refractivity contribution in [2.75, 3.05) is 27.4 Å². The lowest BCUT2D eigenvalue weighted by Crippen LogP contribution is -2.47. The third kappa shape index (κ3) is 3.83. The minimum atomic E-state index is -0.559. The van der Waals surface area contributed by atoms with E-state index in [0.717, 1.165) is 22.6 Å². The molecule has 1 aliphatic heterocycles. The highest BCUT2D eigenvalue weighted by Crippen LogP contribution is 2.36. The highest BCUT2D eigenvalue weighted by atomic mass is 16.5. The molecule has 1 heterocycles. The summed E-state index contributed by atoms with van der Waals surface area (Å²) in [5.41, 5.74) is 1.49. The van der Waals surface area contributed by atoms with Gasteiger partial charge in [0.2, 0.25) is 5.91 Å². The molecule has 0 atom stereocenters. The Balaban J connectivity index is 1.76. The fourth-order valence-corrected chi connectivity index (χ4v) is 3.37. The lowest BCUT2D eigenvalue weighted by molar-refractivity contribution is -0.130. The van der Waals surface area contributed by atoms with Gasteiger partial charge < -0.3 is 19.5 Å². The normalized spacial score (nSPS) is 15.9. The quantitative estimate of drug-likeness (QED) is 0.865. The topological polar surface area (TPSA) is 56.8 Å². The van der Waals surface area contributed by atoms with Gasteiger partial charge in [-0.1, -0.05) is 24.3 Å². The second-order valence-electron chi connectivity index (χ2n) is 6.45. The van der Waals surface area contributed by atoms with Crippen molar-refractivity contribution in [3.8, 4) is 11.5 Å². The van der Waals surface area contributed by atoms with Crippen molar-refractivity contribution in [1.29, 1.82) is 0 Å². The van der Waals surface area contributed by atoms with Crippen LogP contribution in [0.4, 0.5) is 0 Å². The van der Waals surface area contributed by atoms with Crippen LogP contribution >= 0.6 is 0 Å². The van der Waals surface area contributed by atoms with E-state index in [1.54, 1.807) is 14.2 Å². The van der Waals surface area contributed by atoms with Gasteiger partial charge in [-0.05, 0) is 48.2 Å². The summed E-state index contributed by atoms with van der Waals surface area (Å²) in [4.78, 5) is 13.1. The van der Waals surface area contributed by atoms with E-state index in [1.807, 2.05) is 48.5 Å². The molecular formula is C21H25NO4. The van der Waals surface area contributed by atoms with Crippen LogP contribution < -0.4 is 14.8 Å². The number of hydrogen-bond donors (Lipinski definition) is 1. The van der Waals surface area contributed by atoms with Gasteiger partial charge in [0, 0.05) is 19.8 Å². The molecule has 26 heavy (non-hydrogen) atoms. The number of carbonyl (C=O) groups is 1. The van der Waals surface area contributed by atoms with Crippen molar-refractivity contribution in [2.45, 2.75) is 24.8 Å². The summed E-state index contributed by atoms with van der Waals surface area (Å²) < 4.78 is 15.9. The molecule has 138 valence electrons. The summed E-state index contributed by atoms with van der Waals surface area (Å²) in [6, 6.07) is 15.5. The average molecular weight is 355 g/mol. The molecule has 2 aromatic carbocycles. The molecule has 0 aliphatic carbocycles. The maximum Gasteiger partial charge on any atom is 0.231 e. The minimum absolute atomic E-state index is 0.0433.